The second-order valence-corrected chi connectivity index (χ2v) is 9.52. The third-order valence-corrected chi connectivity index (χ3v) is 7.33. The second-order valence-electron chi connectivity index (χ2n) is 6.67. The number of amides is 1. The Morgan fingerprint density at radius 2 is 1.73 bits per heavy atom. The number of hydrogen-bond acceptors (Lipinski definition) is 4. The number of carbonyl (C=O) groups excluding carboxylic acids is 1. The molecule has 0 aliphatic heterocycles. The Labute approximate surface area is 158 Å². The molecule has 7 heteroatoms. The molecule has 1 heterocycles. The molecular weight excluding hydrogens is 368 g/mol. The van der Waals surface area contributed by atoms with Crippen LogP contribution in [0, 0.1) is 0 Å². The molecule has 1 fully saturated rings. The van der Waals surface area contributed by atoms with Gasteiger partial charge >= 0.3 is 0 Å². The zero-order valence-corrected chi connectivity index (χ0v) is 16.2. The maximum absolute atomic E-state index is 12.2. The summed E-state index contributed by atoms with van der Waals surface area (Å²) < 4.78 is 27.3. The molecule has 1 amide bonds. The smallest absolute Gasteiger partial charge is 0.271 e. The molecule has 1 aromatic carbocycles. The molecule has 0 spiro atoms. The highest BCUT2D eigenvalue weighted by atomic mass is 32.2. The van der Waals surface area contributed by atoms with Gasteiger partial charge in [0, 0.05) is 11.7 Å². The Morgan fingerprint density at radius 3 is 2.35 bits per heavy atom. The van der Waals surface area contributed by atoms with E-state index in [1.165, 1.54) is 37.0 Å². The monoisotopic (exact) mass is 392 g/mol. The Bertz CT molecular complexity index is 807. The maximum atomic E-state index is 12.2. The van der Waals surface area contributed by atoms with Crippen molar-refractivity contribution in [2.75, 3.05) is 4.72 Å². The summed E-state index contributed by atoms with van der Waals surface area (Å²) in [6, 6.07) is 10.5. The summed E-state index contributed by atoms with van der Waals surface area (Å²) in [7, 11) is -3.54. The van der Waals surface area contributed by atoms with Gasteiger partial charge in [-0.05, 0) is 42.0 Å². The van der Waals surface area contributed by atoms with Crippen LogP contribution in [0.15, 0.2) is 46.0 Å². The number of sulfonamides is 1. The van der Waals surface area contributed by atoms with Crippen molar-refractivity contribution >= 4 is 33.0 Å². The van der Waals surface area contributed by atoms with E-state index in [0.717, 1.165) is 18.4 Å². The van der Waals surface area contributed by atoms with Gasteiger partial charge in [0.2, 0.25) is 5.91 Å². The van der Waals surface area contributed by atoms with Crippen molar-refractivity contribution in [1.82, 2.24) is 5.32 Å². The Kier molecular flexibility index (Phi) is 6.32. The van der Waals surface area contributed by atoms with Crippen LogP contribution in [-0.4, -0.2) is 20.4 Å². The zero-order valence-electron chi connectivity index (χ0n) is 14.6. The van der Waals surface area contributed by atoms with E-state index < -0.39 is 10.0 Å². The van der Waals surface area contributed by atoms with Crippen LogP contribution in [0.25, 0.3) is 0 Å². The fourth-order valence-electron chi connectivity index (χ4n) is 3.20. The predicted molar refractivity (Wildman–Crippen MR) is 105 cm³/mol. The van der Waals surface area contributed by atoms with Crippen molar-refractivity contribution in [2.24, 2.45) is 0 Å². The molecule has 5 nitrogen and oxygen atoms in total. The summed E-state index contributed by atoms with van der Waals surface area (Å²) in [4.78, 5) is 12.2. The van der Waals surface area contributed by atoms with Crippen molar-refractivity contribution in [1.29, 1.82) is 0 Å². The molecule has 0 saturated heterocycles. The molecule has 2 N–H and O–H groups in total. The highest BCUT2D eigenvalue weighted by molar-refractivity contribution is 7.94. The van der Waals surface area contributed by atoms with Crippen LogP contribution < -0.4 is 10.0 Å². The van der Waals surface area contributed by atoms with Crippen LogP contribution in [0.5, 0.6) is 0 Å². The normalized spacial score (nSPS) is 16.0. The van der Waals surface area contributed by atoms with E-state index >= 15 is 0 Å². The molecular formula is C19H24N2O3S2. The van der Waals surface area contributed by atoms with Crippen molar-refractivity contribution in [3.63, 3.8) is 0 Å². The number of benzene rings is 1. The molecule has 2 aromatic rings. The van der Waals surface area contributed by atoms with Gasteiger partial charge < -0.3 is 5.32 Å². The largest absolute Gasteiger partial charge is 0.353 e. The van der Waals surface area contributed by atoms with E-state index in [9.17, 15) is 13.2 Å². The van der Waals surface area contributed by atoms with Gasteiger partial charge in [-0.3, -0.25) is 9.52 Å². The summed E-state index contributed by atoms with van der Waals surface area (Å²) in [6.45, 7) is 0. The number of carbonyl (C=O) groups is 1. The summed E-state index contributed by atoms with van der Waals surface area (Å²) in [5, 5.41) is 4.86. The molecule has 1 aliphatic rings. The lowest BCUT2D eigenvalue weighted by Gasteiger charge is -2.16. The van der Waals surface area contributed by atoms with E-state index in [2.05, 4.69) is 10.0 Å². The Balaban J connectivity index is 1.55. The quantitative estimate of drug-likeness (QED) is 0.732. The van der Waals surface area contributed by atoms with Gasteiger partial charge in [-0.15, -0.1) is 11.3 Å². The van der Waals surface area contributed by atoms with Crippen molar-refractivity contribution < 1.29 is 13.2 Å². The minimum absolute atomic E-state index is 0.0313. The molecule has 1 saturated carbocycles. The van der Waals surface area contributed by atoms with Crippen molar-refractivity contribution in [2.45, 2.75) is 55.2 Å². The predicted octanol–water partition coefficient (Wildman–Crippen LogP) is 3.93. The van der Waals surface area contributed by atoms with Gasteiger partial charge in [-0.2, -0.15) is 0 Å². The van der Waals surface area contributed by atoms with E-state index in [0.29, 0.717) is 18.2 Å². The highest BCUT2D eigenvalue weighted by Gasteiger charge is 2.16. The molecule has 1 aromatic heterocycles. The van der Waals surface area contributed by atoms with Gasteiger partial charge in [0.25, 0.3) is 10.0 Å². The van der Waals surface area contributed by atoms with E-state index in [1.54, 1.807) is 41.8 Å². The molecule has 1 aliphatic carbocycles. The number of anilines is 1. The Morgan fingerprint density at radius 1 is 1.04 bits per heavy atom. The molecule has 3 rings (SSSR count). The fraction of sp³-hybridized carbons (Fsp3) is 0.421. The molecule has 0 bridgehead atoms. The van der Waals surface area contributed by atoms with Crippen LogP contribution in [0.4, 0.5) is 5.69 Å². The molecule has 0 unspecified atom stereocenters. The SMILES string of the molecule is O=C(Cc1ccc(NS(=O)(=O)c2cccs2)cc1)NC1CCCCCC1. The minimum atomic E-state index is -3.54. The van der Waals surface area contributed by atoms with Crippen LogP contribution in [0.1, 0.15) is 44.1 Å². The first kappa shape index (κ1) is 18.9. The first-order valence-corrected chi connectivity index (χ1v) is 11.3. The second kappa shape index (κ2) is 8.68. The molecule has 140 valence electrons. The first-order valence-electron chi connectivity index (χ1n) is 8.97. The average Bonchev–Trinajstić information content (AvgIpc) is 3.04. The standard InChI is InChI=1S/C19H24N2O3S2/c22-18(20-16-6-3-1-2-4-7-16)14-15-9-11-17(12-10-15)21-26(23,24)19-8-5-13-25-19/h5,8-13,16,21H,1-4,6-7,14H2,(H,20,22). The maximum Gasteiger partial charge on any atom is 0.271 e. The average molecular weight is 393 g/mol. The van der Waals surface area contributed by atoms with Gasteiger partial charge in [0.15, 0.2) is 0 Å². The number of nitrogens with one attached hydrogen (secondary N) is 2. The number of hydrogen-bond donors (Lipinski definition) is 2. The summed E-state index contributed by atoms with van der Waals surface area (Å²) in [6.07, 6.45) is 7.33. The van der Waals surface area contributed by atoms with Gasteiger partial charge in [-0.25, -0.2) is 8.42 Å². The number of rotatable bonds is 6. The summed E-state index contributed by atoms with van der Waals surface area (Å²) in [5.41, 5.74) is 1.36. The molecule has 0 radical (unpaired) electrons. The van der Waals surface area contributed by atoms with Crippen molar-refractivity contribution in [3.8, 4) is 0 Å². The summed E-state index contributed by atoms with van der Waals surface area (Å²) >= 11 is 1.18. The van der Waals surface area contributed by atoms with Gasteiger partial charge in [0.1, 0.15) is 4.21 Å². The van der Waals surface area contributed by atoms with Crippen LogP contribution >= 0.6 is 11.3 Å². The zero-order chi connectivity index (χ0) is 18.4. The summed E-state index contributed by atoms with van der Waals surface area (Å²) in [5.74, 6) is 0.0313. The van der Waals surface area contributed by atoms with Crippen LogP contribution in [0.2, 0.25) is 0 Å². The van der Waals surface area contributed by atoms with E-state index in [4.69, 9.17) is 0 Å². The minimum Gasteiger partial charge on any atom is -0.353 e. The Hall–Kier alpha value is -1.86. The lowest BCUT2D eigenvalue weighted by molar-refractivity contribution is -0.121. The van der Waals surface area contributed by atoms with Gasteiger partial charge in [0.05, 0.1) is 6.42 Å². The van der Waals surface area contributed by atoms with E-state index in [-0.39, 0.29) is 10.1 Å². The first-order chi connectivity index (χ1) is 12.5. The van der Waals surface area contributed by atoms with Gasteiger partial charge in [-0.1, -0.05) is 43.9 Å². The fourth-order valence-corrected chi connectivity index (χ4v) is 5.25. The van der Waals surface area contributed by atoms with Crippen LogP contribution in [0.3, 0.4) is 0 Å². The number of thiophene rings is 1. The lowest BCUT2D eigenvalue weighted by atomic mass is 10.1. The molecule has 0 atom stereocenters. The highest BCUT2D eigenvalue weighted by Crippen LogP contribution is 2.21. The van der Waals surface area contributed by atoms with Crippen LogP contribution in [-0.2, 0) is 21.2 Å². The topological polar surface area (TPSA) is 75.3 Å². The third kappa shape index (κ3) is 5.32. The molecule has 26 heavy (non-hydrogen) atoms. The van der Waals surface area contributed by atoms with Crippen molar-refractivity contribution in [3.05, 3.63) is 47.3 Å². The van der Waals surface area contributed by atoms with E-state index in [1.807, 2.05) is 0 Å². The lowest BCUT2D eigenvalue weighted by Crippen LogP contribution is -2.35. The third-order valence-electron chi connectivity index (χ3n) is 4.55.